The number of nitriles is 1. The summed E-state index contributed by atoms with van der Waals surface area (Å²) in [5.41, 5.74) is 1.22. The van der Waals surface area contributed by atoms with Gasteiger partial charge in [-0.2, -0.15) is 5.26 Å². The summed E-state index contributed by atoms with van der Waals surface area (Å²) in [4.78, 5) is 14.7. The maximum atomic E-state index is 11.7. The zero-order valence-corrected chi connectivity index (χ0v) is 10.9. The Hall–Kier alpha value is -1.67. The molecule has 0 aliphatic carbocycles. The van der Waals surface area contributed by atoms with Crippen LogP contribution in [0.5, 0.6) is 0 Å². The number of pyridine rings is 1. The van der Waals surface area contributed by atoms with Crippen LogP contribution in [0.25, 0.3) is 0 Å². The van der Waals surface area contributed by atoms with E-state index in [9.17, 15) is 4.79 Å². The van der Waals surface area contributed by atoms with Crippen molar-refractivity contribution >= 4 is 18.2 Å². The molecule has 0 amide bonds. The van der Waals surface area contributed by atoms with E-state index in [0.717, 1.165) is 5.69 Å². The highest BCUT2D eigenvalue weighted by atomic mass is 32.1. The normalized spacial score (nSPS) is 10.1. The van der Waals surface area contributed by atoms with E-state index in [0.29, 0.717) is 0 Å². The van der Waals surface area contributed by atoms with Gasteiger partial charge in [-0.05, 0) is 18.9 Å². The minimum atomic E-state index is -0.508. The first kappa shape index (κ1) is 13.4. The molecule has 1 aromatic heterocycles. The van der Waals surface area contributed by atoms with Crippen LogP contribution in [0.4, 0.5) is 0 Å². The van der Waals surface area contributed by atoms with E-state index in [1.807, 2.05) is 19.9 Å². The molecule has 1 N–H and O–H groups in total. The molecule has 0 saturated carbocycles. The smallest absolute Gasteiger partial charge is 0.339 e. The second kappa shape index (κ2) is 5.60. The van der Waals surface area contributed by atoms with Crippen LogP contribution in [0, 0.1) is 16.0 Å². The number of aromatic nitrogens is 1. The number of ether oxygens (including phenoxy) is 1. The molecule has 0 atom stereocenters. The Morgan fingerprint density at radius 2 is 2.29 bits per heavy atom. The molecule has 1 rings (SSSR count). The van der Waals surface area contributed by atoms with Gasteiger partial charge < -0.3 is 9.72 Å². The summed E-state index contributed by atoms with van der Waals surface area (Å²) in [6.07, 6.45) is 0. The number of rotatable bonds is 3. The summed E-state index contributed by atoms with van der Waals surface area (Å²) >= 11 is 5.06. The molecular formula is C12H14N2O2S. The molecule has 0 bridgehead atoms. The average Bonchev–Trinajstić information content (AvgIpc) is 2.28. The first-order chi connectivity index (χ1) is 8.01. The largest absolute Gasteiger partial charge is 0.462 e. The lowest BCUT2D eigenvalue weighted by atomic mass is 10.0. The summed E-state index contributed by atoms with van der Waals surface area (Å²) in [6.45, 7) is 5.94. The van der Waals surface area contributed by atoms with Crippen LogP contribution in [0.1, 0.15) is 48.3 Å². The van der Waals surface area contributed by atoms with Gasteiger partial charge in [0.1, 0.15) is 16.3 Å². The van der Waals surface area contributed by atoms with Crippen LogP contribution in [0.2, 0.25) is 0 Å². The summed E-state index contributed by atoms with van der Waals surface area (Å²) in [5.74, 6) is -0.316. The number of hydrogen-bond acceptors (Lipinski definition) is 4. The number of carbonyl (C=O) groups is 1. The maximum absolute atomic E-state index is 11.7. The van der Waals surface area contributed by atoms with E-state index >= 15 is 0 Å². The lowest BCUT2D eigenvalue weighted by molar-refractivity contribution is 0.0525. The molecule has 5 heteroatoms. The van der Waals surface area contributed by atoms with Gasteiger partial charge in [-0.15, -0.1) is 0 Å². The first-order valence-corrected chi connectivity index (χ1v) is 5.76. The SMILES string of the molecule is CCOC(=O)c1cc(C(C)C)[nH]c(=S)c1C#N. The molecule has 0 unspecified atom stereocenters. The van der Waals surface area contributed by atoms with Crippen LogP contribution >= 0.6 is 12.2 Å². The number of carbonyl (C=O) groups excluding carboxylic acids is 1. The van der Waals surface area contributed by atoms with Gasteiger partial charge >= 0.3 is 5.97 Å². The fourth-order valence-electron chi connectivity index (χ4n) is 1.37. The van der Waals surface area contributed by atoms with Gasteiger partial charge in [-0.3, -0.25) is 0 Å². The zero-order valence-electron chi connectivity index (χ0n) is 10.0. The highest BCUT2D eigenvalue weighted by Gasteiger charge is 2.16. The van der Waals surface area contributed by atoms with Crippen molar-refractivity contribution in [3.8, 4) is 6.07 Å². The monoisotopic (exact) mass is 250 g/mol. The molecule has 17 heavy (non-hydrogen) atoms. The van der Waals surface area contributed by atoms with E-state index in [4.69, 9.17) is 22.2 Å². The molecule has 90 valence electrons. The number of nitrogens with one attached hydrogen (secondary N) is 1. The number of nitrogens with zero attached hydrogens (tertiary/aromatic N) is 1. The Morgan fingerprint density at radius 3 is 2.76 bits per heavy atom. The van der Waals surface area contributed by atoms with Crippen molar-refractivity contribution in [3.63, 3.8) is 0 Å². The highest BCUT2D eigenvalue weighted by molar-refractivity contribution is 7.71. The van der Waals surface area contributed by atoms with Crippen LogP contribution in [-0.2, 0) is 4.74 Å². The summed E-state index contributed by atoms with van der Waals surface area (Å²) in [7, 11) is 0. The van der Waals surface area contributed by atoms with Crippen molar-refractivity contribution in [2.45, 2.75) is 26.7 Å². The van der Waals surface area contributed by atoms with E-state index < -0.39 is 5.97 Å². The lowest BCUT2D eigenvalue weighted by Crippen LogP contribution is -2.10. The Bertz CT molecular complexity index is 526. The number of esters is 1. The number of H-pyrrole nitrogens is 1. The van der Waals surface area contributed by atoms with Crippen molar-refractivity contribution in [2.75, 3.05) is 6.61 Å². The summed E-state index contributed by atoms with van der Waals surface area (Å²) < 4.78 is 5.19. The van der Waals surface area contributed by atoms with E-state index in [1.165, 1.54) is 0 Å². The van der Waals surface area contributed by atoms with Crippen molar-refractivity contribution < 1.29 is 9.53 Å². The van der Waals surface area contributed by atoms with Crippen LogP contribution in [0.3, 0.4) is 0 Å². The molecule has 0 aliphatic heterocycles. The molecular weight excluding hydrogens is 236 g/mol. The average molecular weight is 250 g/mol. The minimum absolute atomic E-state index is 0.169. The highest BCUT2D eigenvalue weighted by Crippen LogP contribution is 2.18. The van der Waals surface area contributed by atoms with Crippen LogP contribution in [0.15, 0.2) is 6.07 Å². The summed E-state index contributed by atoms with van der Waals surface area (Å²) in [6, 6.07) is 3.57. The molecule has 0 spiro atoms. The molecule has 4 nitrogen and oxygen atoms in total. The van der Waals surface area contributed by atoms with E-state index in [-0.39, 0.29) is 28.3 Å². The predicted octanol–water partition coefficient (Wildman–Crippen LogP) is 2.92. The third-order valence-electron chi connectivity index (χ3n) is 2.28. The minimum Gasteiger partial charge on any atom is -0.462 e. The summed E-state index contributed by atoms with van der Waals surface area (Å²) in [5, 5.41) is 9.00. The second-order valence-electron chi connectivity index (χ2n) is 3.83. The molecule has 0 radical (unpaired) electrons. The molecule has 0 saturated heterocycles. The van der Waals surface area contributed by atoms with Crippen molar-refractivity contribution in [3.05, 3.63) is 27.5 Å². The Balaban J connectivity index is 3.40. The third kappa shape index (κ3) is 2.92. The van der Waals surface area contributed by atoms with Gasteiger partial charge in [0.25, 0.3) is 0 Å². The molecule has 1 heterocycles. The van der Waals surface area contributed by atoms with Gasteiger partial charge in [0, 0.05) is 5.69 Å². The van der Waals surface area contributed by atoms with E-state index in [1.54, 1.807) is 13.0 Å². The van der Waals surface area contributed by atoms with Crippen molar-refractivity contribution in [2.24, 2.45) is 0 Å². The molecule has 0 aliphatic rings. The second-order valence-corrected chi connectivity index (χ2v) is 4.24. The standard InChI is InChI=1S/C12H14N2O2S/c1-4-16-12(15)8-5-10(7(2)3)14-11(17)9(8)6-13/h5,7H,4H2,1-3H3,(H,14,17). The first-order valence-electron chi connectivity index (χ1n) is 5.35. The quantitative estimate of drug-likeness (QED) is 0.661. The molecule has 0 aromatic carbocycles. The van der Waals surface area contributed by atoms with Crippen LogP contribution in [-0.4, -0.2) is 17.6 Å². The van der Waals surface area contributed by atoms with Crippen molar-refractivity contribution in [1.29, 1.82) is 5.26 Å². The van der Waals surface area contributed by atoms with Gasteiger partial charge in [-0.25, -0.2) is 4.79 Å². The van der Waals surface area contributed by atoms with Gasteiger partial charge in [0.05, 0.1) is 12.2 Å². The van der Waals surface area contributed by atoms with Gasteiger partial charge in [0.15, 0.2) is 0 Å². The maximum Gasteiger partial charge on any atom is 0.339 e. The fraction of sp³-hybridized carbons (Fsp3) is 0.417. The zero-order chi connectivity index (χ0) is 13.0. The Kier molecular flexibility index (Phi) is 4.41. The van der Waals surface area contributed by atoms with Crippen LogP contribution < -0.4 is 0 Å². The third-order valence-corrected chi connectivity index (χ3v) is 2.59. The fourth-order valence-corrected chi connectivity index (χ4v) is 1.64. The Morgan fingerprint density at radius 1 is 1.65 bits per heavy atom. The number of hydrogen-bond donors (Lipinski definition) is 1. The van der Waals surface area contributed by atoms with Gasteiger partial charge in [-0.1, -0.05) is 26.1 Å². The van der Waals surface area contributed by atoms with Crippen molar-refractivity contribution in [1.82, 2.24) is 4.98 Å². The van der Waals surface area contributed by atoms with Gasteiger partial charge in [0.2, 0.25) is 0 Å². The Labute approximate surface area is 105 Å². The molecule has 1 aromatic rings. The lowest BCUT2D eigenvalue weighted by Gasteiger charge is -2.10. The predicted molar refractivity (Wildman–Crippen MR) is 66.4 cm³/mol. The topological polar surface area (TPSA) is 65.9 Å². The number of aromatic amines is 1. The van der Waals surface area contributed by atoms with E-state index in [2.05, 4.69) is 4.98 Å². The molecule has 0 fully saturated rings.